The van der Waals surface area contributed by atoms with E-state index in [1.165, 1.54) is 12.8 Å². The second kappa shape index (κ2) is 12.3. The summed E-state index contributed by atoms with van der Waals surface area (Å²) in [7, 11) is 2.04. The van der Waals surface area contributed by atoms with Crippen LogP contribution in [0.3, 0.4) is 0 Å². The van der Waals surface area contributed by atoms with Crippen LogP contribution in [0.2, 0.25) is 0 Å². The van der Waals surface area contributed by atoms with Gasteiger partial charge in [0.05, 0.1) is 31.9 Å². The Bertz CT molecular complexity index is 820. The van der Waals surface area contributed by atoms with Gasteiger partial charge in [-0.05, 0) is 34.1 Å². The average Bonchev–Trinajstić information content (AvgIpc) is 3.19. The maximum absolute atomic E-state index is 12.4. The number of ether oxygens (including phenoxy) is 3. The number of nitrogens with one attached hydrogen (secondary N) is 1. The van der Waals surface area contributed by atoms with E-state index in [2.05, 4.69) is 27.1 Å². The van der Waals surface area contributed by atoms with Gasteiger partial charge in [0.25, 0.3) is 5.88 Å². The molecule has 1 N–H and O–H groups in total. The van der Waals surface area contributed by atoms with Crippen molar-refractivity contribution in [1.29, 1.82) is 0 Å². The lowest BCUT2D eigenvalue weighted by Gasteiger charge is -2.36. The Morgan fingerprint density at radius 3 is 2.70 bits per heavy atom. The first-order chi connectivity index (χ1) is 15.5. The van der Waals surface area contributed by atoms with E-state index >= 15 is 0 Å². The lowest BCUT2D eigenvalue weighted by molar-refractivity contribution is -0.919. The highest BCUT2D eigenvalue weighted by molar-refractivity contribution is 6.99. The number of carbonyl (C=O) groups is 2. The smallest absolute Gasteiger partial charge is 0.408 e. The van der Waals surface area contributed by atoms with Gasteiger partial charge in [-0.2, -0.15) is 4.37 Å². The Morgan fingerprint density at radius 2 is 2.00 bits per heavy atom. The van der Waals surface area contributed by atoms with Crippen LogP contribution in [0, 0.1) is 0 Å². The number of likely N-dealkylation sites (N-methyl/N-ethyl adjacent to an activating group) is 1. The summed E-state index contributed by atoms with van der Waals surface area (Å²) in [6.07, 6.45) is 6.90. The van der Waals surface area contributed by atoms with E-state index in [0.717, 1.165) is 48.8 Å². The average molecular weight is 484 g/mol. The zero-order valence-corrected chi connectivity index (χ0v) is 21.6. The molecule has 2 heterocycles. The minimum Gasteiger partial charge on any atom is -0.475 e. The highest BCUT2D eigenvalue weighted by Crippen LogP contribution is 2.30. The van der Waals surface area contributed by atoms with Gasteiger partial charge in [0.2, 0.25) is 6.73 Å². The Hall–Kier alpha value is -2.20. The van der Waals surface area contributed by atoms with Crippen LogP contribution in [-0.4, -0.2) is 70.4 Å². The predicted molar refractivity (Wildman–Crippen MR) is 128 cm³/mol. The molecule has 1 aliphatic rings. The maximum Gasteiger partial charge on any atom is 0.408 e. The molecule has 0 saturated heterocycles. The van der Waals surface area contributed by atoms with Crippen molar-refractivity contribution in [3.8, 4) is 5.88 Å². The Labute approximate surface area is 201 Å². The molecule has 1 aliphatic heterocycles. The van der Waals surface area contributed by atoms with E-state index in [9.17, 15) is 9.59 Å². The van der Waals surface area contributed by atoms with Crippen LogP contribution in [0.4, 0.5) is 4.79 Å². The van der Waals surface area contributed by atoms with Gasteiger partial charge >= 0.3 is 12.1 Å². The van der Waals surface area contributed by atoms with E-state index in [-0.39, 0.29) is 6.73 Å². The predicted octanol–water partition coefficient (Wildman–Crippen LogP) is 4.14. The third-order valence-corrected chi connectivity index (χ3v) is 5.73. The number of unbranched alkanes of at least 4 members (excludes halogenated alkanes) is 3. The first kappa shape index (κ1) is 27.0. The van der Waals surface area contributed by atoms with Gasteiger partial charge in [-0.1, -0.05) is 32.3 Å². The molecule has 0 saturated carbocycles. The second-order valence-electron chi connectivity index (χ2n) is 9.81. The van der Waals surface area contributed by atoms with E-state index in [0.29, 0.717) is 23.5 Å². The summed E-state index contributed by atoms with van der Waals surface area (Å²) in [6, 6.07) is -0.804. The van der Waals surface area contributed by atoms with Crippen LogP contribution in [-0.2, 0) is 14.3 Å². The number of hydrogen-bond donors (Lipinski definition) is 1. The summed E-state index contributed by atoms with van der Waals surface area (Å²) in [5.74, 6) is 0.0890. The number of carbonyl (C=O) groups excluding carboxylic acids is 2. The first-order valence-electron chi connectivity index (χ1n) is 11.7. The molecule has 1 unspecified atom stereocenters. The maximum atomic E-state index is 12.4. The lowest BCUT2D eigenvalue weighted by atomic mass is 10.1. The third kappa shape index (κ3) is 9.29. The van der Waals surface area contributed by atoms with Crippen molar-refractivity contribution in [3.05, 3.63) is 11.8 Å². The number of aromatic nitrogens is 2. The highest BCUT2D eigenvalue weighted by atomic mass is 32.1. The van der Waals surface area contributed by atoms with Gasteiger partial charge in [0.15, 0.2) is 0 Å². The van der Waals surface area contributed by atoms with Crippen LogP contribution in [0.1, 0.15) is 72.4 Å². The summed E-state index contributed by atoms with van der Waals surface area (Å²) in [5, 5.41) is 2.52. The fourth-order valence-corrected chi connectivity index (χ4v) is 3.97. The van der Waals surface area contributed by atoms with Gasteiger partial charge in [0.1, 0.15) is 23.9 Å². The number of alkyl carbamates (subject to hydrolysis) is 1. The molecule has 1 aromatic heterocycles. The standard InChI is InChI=1S/C23H38N4O5S/c1-7-8-9-10-14-30-20-19(25-33-26-20)18-12-11-13-27(6,15-18)16-31-21(28)17(2)24-22(29)32-23(3,4)5/h12,17H,7-11,13-16H2,1-6H3/p+1/t17-,27?/m0/s1. The van der Waals surface area contributed by atoms with E-state index in [1.54, 1.807) is 27.7 Å². The van der Waals surface area contributed by atoms with Crippen LogP contribution < -0.4 is 10.1 Å². The summed E-state index contributed by atoms with van der Waals surface area (Å²) < 4.78 is 26.0. The summed E-state index contributed by atoms with van der Waals surface area (Å²) >= 11 is 1.15. The van der Waals surface area contributed by atoms with Gasteiger partial charge in [0, 0.05) is 12.0 Å². The second-order valence-corrected chi connectivity index (χ2v) is 10.3. The highest BCUT2D eigenvalue weighted by Gasteiger charge is 2.32. The molecule has 0 aliphatic carbocycles. The van der Waals surface area contributed by atoms with Crippen LogP contribution in [0.5, 0.6) is 5.88 Å². The topological polar surface area (TPSA) is 99.6 Å². The normalized spacial score (nSPS) is 19.4. The van der Waals surface area contributed by atoms with Crippen LogP contribution in [0.25, 0.3) is 5.57 Å². The monoisotopic (exact) mass is 483 g/mol. The number of nitrogens with zero attached hydrogens (tertiary/aromatic N) is 3. The Balaban J connectivity index is 1.87. The van der Waals surface area contributed by atoms with Crippen molar-refractivity contribution in [2.24, 2.45) is 0 Å². The molecule has 33 heavy (non-hydrogen) atoms. The molecule has 2 atom stereocenters. The van der Waals surface area contributed by atoms with Crippen molar-refractivity contribution >= 4 is 29.4 Å². The molecule has 0 fully saturated rings. The van der Waals surface area contributed by atoms with E-state index in [1.807, 2.05) is 7.05 Å². The van der Waals surface area contributed by atoms with Crippen molar-refractivity contribution in [2.75, 3.05) is 33.5 Å². The minimum absolute atomic E-state index is 0.196. The SMILES string of the molecule is CCCCCCOc1nsnc1C1=CCC[N+](C)(COC(=O)[C@H](C)NC(=O)OC(C)(C)C)C1. The van der Waals surface area contributed by atoms with Crippen LogP contribution in [0.15, 0.2) is 6.08 Å². The molecule has 2 rings (SSSR count). The molecule has 9 nitrogen and oxygen atoms in total. The number of amides is 1. The summed E-state index contributed by atoms with van der Waals surface area (Å²) in [4.78, 5) is 24.3. The van der Waals surface area contributed by atoms with Crippen LogP contribution >= 0.6 is 11.7 Å². The number of rotatable bonds is 11. The third-order valence-electron chi connectivity index (χ3n) is 5.22. The minimum atomic E-state index is -0.804. The van der Waals surface area contributed by atoms with Gasteiger partial charge in [-0.15, -0.1) is 4.37 Å². The molecule has 0 spiro atoms. The molecular weight excluding hydrogens is 444 g/mol. The van der Waals surface area contributed by atoms with Crippen molar-refractivity contribution < 1.29 is 28.3 Å². The molecule has 1 aromatic rings. The lowest BCUT2D eigenvalue weighted by Crippen LogP contribution is -2.51. The molecule has 0 bridgehead atoms. The largest absolute Gasteiger partial charge is 0.475 e. The van der Waals surface area contributed by atoms with Crippen molar-refractivity contribution in [1.82, 2.24) is 14.1 Å². The van der Waals surface area contributed by atoms with Gasteiger partial charge in [-0.25, -0.2) is 9.59 Å². The molecule has 10 heteroatoms. The molecule has 0 radical (unpaired) electrons. The fraction of sp³-hybridized carbons (Fsp3) is 0.739. The van der Waals surface area contributed by atoms with Gasteiger partial charge < -0.3 is 19.5 Å². The van der Waals surface area contributed by atoms with E-state index in [4.69, 9.17) is 14.2 Å². The number of hydrogen-bond acceptors (Lipinski definition) is 8. The fourth-order valence-electron chi connectivity index (χ4n) is 3.44. The molecule has 0 aromatic carbocycles. The molecule has 1 amide bonds. The summed E-state index contributed by atoms with van der Waals surface area (Å²) in [5.41, 5.74) is 1.20. The zero-order valence-electron chi connectivity index (χ0n) is 20.8. The zero-order chi connectivity index (χ0) is 24.5. The number of esters is 1. The van der Waals surface area contributed by atoms with Gasteiger partial charge in [-0.3, -0.25) is 4.48 Å². The Morgan fingerprint density at radius 1 is 1.24 bits per heavy atom. The van der Waals surface area contributed by atoms with Crippen molar-refractivity contribution in [3.63, 3.8) is 0 Å². The first-order valence-corrected chi connectivity index (χ1v) is 12.4. The Kier molecular flexibility index (Phi) is 10.1. The molecular formula is C23H39N4O5S+. The quantitative estimate of drug-likeness (QED) is 0.287. The van der Waals surface area contributed by atoms with E-state index < -0.39 is 23.7 Å². The number of quaternary nitrogens is 1. The molecule has 186 valence electrons. The summed E-state index contributed by atoms with van der Waals surface area (Å²) in [6.45, 7) is 11.4. The van der Waals surface area contributed by atoms with Crippen molar-refractivity contribution in [2.45, 2.75) is 78.4 Å².